The first-order chi connectivity index (χ1) is 9.79. The number of carbonyl (C=O) groups is 2. The highest BCUT2D eigenvalue weighted by molar-refractivity contribution is 5.96. The van der Waals surface area contributed by atoms with Crippen LogP contribution < -0.4 is 11.1 Å². The second kappa shape index (κ2) is 6.91. The van der Waals surface area contributed by atoms with Gasteiger partial charge >= 0.3 is 0 Å². The molecule has 0 spiro atoms. The van der Waals surface area contributed by atoms with Crippen LogP contribution in [0.3, 0.4) is 0 Å². The SMILES string of the molecule is Cc1c(C#CCO)cccc1C(=O)NCC(C)(C)C(N)=O. The van der Waals surface area contributed by atoms with E-state index in [0.717, 1.165) is 5.56 Å². The summed E-state index contributed by atoms with van der Waals surface area (Å²) in [5.74, 6) is 4.60. The number of nitrogens with two attached hydrogens (primary N) is 1. The topological polar surface area (TPSA) is 92.4 Å². The van der Waals surface area contributed by atoms with Gasteiger partial charge in [-0.1, -0.05) is 17.9 Å². The van der Waals surface area contributed by atoms with Gasteiger partial charge in [-0.2, -0.15) is 0 Å². The molecule has 4 N–H and O–H groups in total. The largest absolute Gasteiger partial charge is 0.384 e. The lowest BCUT2D eigenvalue weighted by Gasteiger charge is -2.21. The van der Waals surface area contributed by atoms with Crippen molar-refractivity contribution in [1.82, 2.24) is 5.32 Å². The van der Waals surface area contributed by atoms with Crippen molar-refractivity contribution in [2.75, 3.05) is 13.2 Å². The molecule has 0 saturated heterocycles. The van der Waals surface area contributed by atoms with Crippen molar-refractivity contribution in [3.05, 3.63) is 34.9 Å². The Morgan fingerprint density at radius 1 is 1.38 bits per heavy atom. The Labute approximate surface area is 124 Å². The van der Waals surface area contributed by atoms with Crippen molar-refractivity contribution in [3.63, 3.8) is 0 Å². The highest BCUT2D eigenvalue weighted by Crippen LogP contribution is 2.15. The Morgan fingerprint density at radius 2 is 2.05 bits per heavy atom. The molecule has 1 aromatic carbocycles. The lowest BCUT2D eigenvalue weighted by Crippen LogP contribution is -2.42. The predicted molar refractivity (Wildman–Crippen MR) is 80.5 cm³/mol. The molecule has 1 rings (SSSR count). The molecule has 5 nitrogen and oxygen atoms in total. The summed E-state index contributed by atoms with van der Waals surface area (Å²) in [5, 5.41) is 11.4. The number of amides is 2. The molecule has 21 heavy (non-hydrogen) atoms. The molecule has 0 aliphatic carbocycles. The van der Waals surface area contributed by atoms with Gasteiger partial charge < -0.3 is 16.2 Å². The summed E-state index contributed by atoms with van der Waals surface area (Å²) in [6.45, 7) is 5.06. The van der Waals surface area contributed by atoms with Gasteiger partial charge in [0.1, 0.15) is 6.61 Å². The van der Waals surface area contributed by atoms with Crippen LogP contribution >= 0.6 is 0 Å². The van der Waals surface area contributed by atoms with Crippen LogP contribution in [0.5, 0.6) is 0 Å². The number of rotatable bonds is 4. The Bertz CT molecular complexity index is 610. The van der Waals surface area contributed by atoms with Gasteiger partial charge in [-0.15, -0.1) is 0 Å². The molecule has 0 aromatic heterocycles. The molecule has 0 bridgehead atoms. The number of primary amides is 1. The summed E-state index contributed by atoms with van der Waals surface area (Å²) in [6, 6.07) is 5.19. The van der Waals surface area contributed by atoms with Gasteiger partial charge in [0.05, 0.1) is 5.41 Å². The standard InChI is InChI=1S/C16H20N2O3/c1-11-12(7-5-9-19)6-4-8-13(11)14(20)18-10-16(2,3)15(17)21/h4,6,8,19H,9-10H2,1-3H3,(H2,17,21)(H,18,20). The lowest BCUT2D eigenvalue weighted by molar-refractivity contribution is -0.125. The highest BCUT2D eigenvalue weighted by Gasteiger charge is 2.25. The Hall–Kier alpha value is -2.32. The van der Waals surface area contributed by atoms with E-state index in [0.29, 0.717) is 11.1 Å². The third-order valence-corrected chi connectivity index (χ3v) is 3.24. The minimum absolute atomic E-state index is 0.160. The highest BCUT2D eigenvalue weighted by atomic mass is 16.2. The van der Waals surface area contributed by atoms with Crippen LogP contribution in [0.1, 0.15) is 35.3 Å². The maximum absolute atomic E-state index is 12.2. The van der Waals surface area contributed by atoms with Gasteiger partial charge in [-0.05, 0) is 38.5 Å². The number of carbonyl (C=O) groups excluding carboxylic acids is 2. The van der Waals surface area contributed by atoms with E-state index in [1.807, 2.05) is 0 Å². The maximum Gasteiger partial charge on any atom is 0.251 e. The number of benzene rings is 1. The number of nitrogens with one attached hydrogen (secondary N) is 1. The smallest absolute Gasteiger partial charge is 0.251 e. The molecule has 0 aliphatic heterocycles. The number of hydrogen-bond donors (Lipinski definition) is 3. The number of hydrogen-bond acceptors (Lipinski definition) is 3. The van der Waals surface area contributed by atoms with Crippen LogP contribution in [-0.2, 0) is 4.79 Å². The molecule has 0 fully saturated rings. The van der Waals surface area contributed by atoms with Crippen molar-refractivity contribution in [1.29, 1.82) is 0 Å². The Balaban J connectivity index is 2.91. The first kappa shape index (κ1) is 16.7. The normalized spacial score (nSPS) is 10.5. The zero-order valence-corrected chi connectivity index (χ0v) is 12.5. The maximum atomic E-state index is 12.2. The number of aliphatic hydroxyl groups excluding tert-OH is 1. The minimum atomic E-state index is -0.808. The summed E-state index contributed by atoms with van der Waals surface area (Å²) in [7, 11) is 0. The van der Waals surface area contributed by atoms with Crippen molar-refractivity contribution in [2.24, 2.45) is 11.1 Å². The first-order valence-electron chi connectivity index (χ1n) is 6.57. The summed E-state index contributed by atoms with van der Waals surface area (Å²) in [4.78, 5) is 23.4. The average Bonchev–Trinajstić information content (AvgIpc) is 2.43. The summed E-state index contributed by atoms with van der Waals surface area (Å²) < 4.78 is 0. The fourth-order valence-corrected chi connectivity index (χ4v) is 1.64. The second-order valence-corrected chi connectivity index (χ2v) is 5.37. The van der Waals surface area contributed by atoms with Crippen molar-refractivity contribution in [2.45, 2.75) is 20.8 Å². The molecule has 1 aromatic rings. The van der Waals surface area contributed by atoms with Crippen molar-refractivity contribution < 1.29 is 14.7 Å². The Kier molecular flexibility index (Phi) is 5.51. The van der Waals surface area contributed by atoms with E-state index in [1.54, 1.807) is 39.0 Å². The van der Waals surface area contributed by atoms with Crippen LogP contribution in [0.15, 0.2) is 18.2 Å². The van der Waals surface area contributed by atoms with Gasteiger partial charge in [0.2, 0.25) is 5.91 Å². The van der Waals surface area contributed by atoms with Gasteiger partial charge in [-0.3, -0.25) is 9.59 Å². The van der Waals surface area contributed by atoms with Gasteiger partial charge in [0.15, 0.2) is 0 Å². The van der Waals surface area contributed by atoms with E-state index < -0.39 is 11.3 Å². The van der Waals surface area contributed by atoms with Crippen LogP contribution in [-0.4, -0.2) is 30.1 Å². The average molecular weight is 288 g/mol. The minimum Gasteiger partial charge on any atom is -0.384 e. The summed E-state index contributed by atoms with van der Waals surface area (Å²) in [6.07, 6.45) is 0. The lowest BCUT2D eigenvalue weighted by atomic mass is 9.92. The van der Waals surface area contributed by atoms with E-state index in [1.165, 1.54) is 0 Å². The first-order valence-corrected chi connectivity index (χ1v) is 6.57. The van der Waals surface area contributed by atoms with Crippen LogP contribution in [0, 0.1) is 24.2 Å². The van der Waals surface area contributed by atoms with Crippen molar-refractivity contribution >= 4 is 11.8 Å². The van der Waals surface area contributed by atoms with E-state index in [9.17, 15) is 9.59 Å². The van der Waals surface area contributed by atoms with Gasteiger partial charge in [0, 0.05) is 17.7 Å². The Morgan fingerprint density at radius 3 is 2.62 bits per heavy atom. The summed E-state index contributed by atoms with van der Waals surface area (Å²) in [5.41, 5.74) is 6.37. The molecule has 2 amide bonds. The second-order valence-electron chi connectivity index (χ2n) is 5.37. The summed E-state index contributed by atoms with van der Waals surface area (Å²) >= 11 is 0. The van der Waals surface area contributed by atoms with Gasteiger partial charge in [0.25, 0.3) is 5.91 Å². The third kappa shape index (κ3) is 4.33. The predicted octanol–water partition coefficient (Wildman–Crippen LogP) is 0.580. The van der Waals surface area contributed by atoms with Crippen molar-refractivity contribution in [3.8, 4) is 11.8 Å². The molecule has 0 atom stereocenters. The fourth-order valence-electron chi connectivity index (χ4n) is 1.64. The quantitative estimate of drug-likeness (QED) is 0.708. The van der Waals surface area contributed by atoms with Gasteiger partial charge in [-0.25, -0.2) is 0 Å². The molecule has 5 heteroatoms. The zero-order valence-electron chi connectivity index (χ0n) is 12.5. The molecule has 0 unspecified atom stereocenters. The molecule has 0 heterocycles. The molecular formula is C16H20N2O3. The van der Waals surface area contributed by atoms with E-state index >= 15 is 0 Å². The molecule has 0 radical (unpaired) electrons. The monoisotopic (exact) mass is 288 g/mol. The van der Waals surface area contributed by atoms with Crippen LogP contribution in [0.2, 0.25) is 0 Å². The molecule has 0 saturated carbocycles. The van der Waals surface area contributed by atoms with Crippen LogP contribution in [0.4, 0.5) is 0 Å². The molecule has 112 valence electrons. The number of aliphatic hydroxyl groups is 1. The van der Waals surface area contributed by atoms with Crippen LogP contribution in [0.25, 0.3) is 0 Å². The van der Waals surface area contributed by atoms with E-state index in [4.69, 9.17) is 10.8 Å². The fraction of sp³-hybridized carbons (Fsp3) is 0.375. The zero-order chi connectivity index (χ0) is 16.0. The molecule has 0 aliphatic rings. The molecular weight excluding hydrogens is 268 g/mol. The van der Waals surface area contributed by atoms with E-state index in [2.05, 4.69) is 17.2 Å². The third-order valence-electron chi connectivity index (χ3n) is 3.24. The van der Waals surface area contributed by atoms with E-state index in [-0.39, 0.29) is 19.1 Å².